The molecule has 1 heterocycles. The van der Waals surface area contributed by atoms with Crippen LogP contribution in [0.15, 0.2) is 29.2 Å². The normalized spacial score (nSPS) is 18.0. The molecule has 0 bridgehead atoms. The SMILES string of the molecule is CCC(CC)C(CNS(=O)(=O)c1ccc(Cl)cc1)N1CCOCC1. The lowest BCUT2D eigenvalue weighted by molar-refractivity contribution is 0.00297. The molecule has 1 aliphatic rings. The molecule has 1 fully saturated rings. The van der Waals surface area contributed by atoms with Crippen LogP contribution >= 0.6 is 11.6 Å². The minimum absolute atomic E-state index is 0.186. The molecule has 7 heteroatoms. The Morgan fingerprint density at radius 3 is 2.29 bits per heavy atom. The van der Waals surface area contributed by atoms with Crippen LogP contribution < -0.4 is 4.72 Å². The van der Waals surface area contributed by atoms with E-state index in [1.54, 1.807) is 12.1 Å². The molecule has 0 saturated carbocycles. The lowest BCUT2D eigenvalue weighted by Crippen LogP contribution is -2.52. The fourth-order valence-electron chi connectivity index (χ4n) is 3.23. The van der Waals surface area contributed by atoms with Crippen molar-refractivity contribution in [1.82, 2.24) is 9.62 Å². The van der Waals surface area contributed by atoms with Crippen molar-refractivity contribution in [2.24, 2.45) is 5.92 Å². The van der Waals surface area contributed by atoms with Crippen LogP contribution in [0.5, 0.6) is 0 Å². The molecule has 0 spiro atoms. The molecule has 1 aromatic rings. The van der Waals surface area contributed by atoms with Crippen LogP contribution in [0.4, 0.5) is 0 Å². The zero-order chi connectivity index (χ0) is 17.6. The molecule has 0 radical (unpaired) electrons. The van der Waals surface area contributed by atoms with Gasteiger partial charge in [-0.1, -0.05) is 38.3 Å². The Morgan fingerprint density at radius 1 is 1.17 bits per heavy atom. The number of hydrogen-bond acceptors (Lipinski definition) is 4. The molecular weight excluding hydrogens is 348 g/mol. The van der Waals surface area contributed by atoms with E-state index in [-0.39, 0.29) is 10.9 Å². The molecule has 136 valence electrons. The molecule has 1 aliphatic heterocycles. The molecule has 1 atom stereocenters. The standard InChI is InChI=1S/C17H27ClN2O3S/c1-3-14(4-2)17(20-9-11-23-12-10-20)13-19-24(21,22)16-7-5-15(18)6-8-16/h5-8,14,17,19H,3-4,9-13H2,1-2H3. The molecule has 1 unspecified atom stereocenters. The van der Waals surface area contributed by atoms with Crippen molar-refractivity contribution >= 4 is 21.6 Å². The average molecular weight is 375 g/mol. The Labute approximate surface area is 150 Å². The predicted molar refractivity (Wildman–Crippen MR) is 96.9 cm³/mol. The first-order chi connectivity index (χ1) is 11.5. The summed E-state index contributed by atoms with van der Waals surface area (Å²) in [5.74, 6) is 0.455. The Kier molecular flexibility index (Phi) is 7.50. The van der Waals surface area contributed by atoms with Gasteiger partial charge < -0.3 is 4.74 Å². The van der Waals surface area contributed by atoms with Gasteiger partial charge in [-0.05, 0) is 30.2 Å². The number of nitrogens with one attached hydrogen (secondary N) is 1. The van der Waals surface area contributed by atoms with Gasteiger partial charge in [-0.25, -0.2) is 13.1 Å². The lowest BCUT2D eigenvalue weighted by Gasteiger charge is -2.38. The van der Waals surface area contributed by atoms with Crippen molar-refractivity contribution in [2.45, 2.75) is 37.6 Å². The molecule has 1 saturated heterocycles. The molecule has 2 rings (SSSR count). The summed E-state index contributed by atoms with van der Waals surface area (Å²) in [5.41, 5.74) is 0. The largest absolute Gasteiger partial charge is 0.379 e. The highest BCUT2D eigenvalue weighted by atomic mass is 35.5. The third-order valence-corrected chi connectivity index (χ3v) is 6.41. The van der Waals surface area contributed by atoms with Crippen molar-refractivity contribution in [3.63, 3.8) is 0 Å². The highest BCUT2D eigenvalue weighted by Gasteiger charge is 2.28. The van der Waals surface area contributed by atoms with Crippen LogP contribution in [0.2, 0.25) is 5.02 Å². The molecule has 1 N–H and O–H groups in total. The van der Waals surface area contributed by atoms with Gasteiger partial charge in [0.2, 0.25) is 10.0 Å². The zero-order valence-electron chi connectivity index (χ0n) is 14.4. The van der Waals surface area contributed by atoms with Gasteiger partial charge in [0.05, 0.1) is 18.1 Å². The van der Waals surface area contributed by atoms with Crippen LogP contribution in [-0.2, 0) is 14.8 Å². The molecule has 0 aliphatic carbocycles. The summed E-state index contributed by atoms with van der Waals surface area (Å²) in [7, 11) is -3.53. The molecule has 0 amide bonds. The van der Waals surface area contributed by atoms with Crippen LogP contribution in [0.1, 0.15) is 26.7 Å². The van der Waals surface area contributed by atoms with Gasteiger partial charge in [-0.15, -0.1) is 0 Å². The van der Waals surface area contributed by atoms with E-state index < -0.39 is 10.0 Å². The number of benzene rings is 1. The number of hydrogen-bond donors (Lipinski definition) is 1. The minimum atomic E-state index is -3.53. The Hall–Kier alpha value is -0.660. The third kappa shape index (κ3) is 5.17. The summed E-state index contributed by atoms with van der Waals surface area (Å²) in [6.07, 6.45) is 2.06. The van der Waals surface area contributed by atoms with E-state index in [2.05, 4.69) is 23.5 Å². The van der Waals surface area contributed by atoms with Crippen molar-refractivity contribution in [3.05, 3.63) is 29.3 Å². The maximum atomic E-state index is 12.5. The fourth-order valence-corrected chi connectivity index (χ4v) is 4.41. The smallest absolute Gasteiger partial charge is 0.240 e. The average Bonchev–Trinajstić information content (AvgIpc) is 2.59. The van der Waals surface area contributed by atoms with Gasteiger partial charge in [0.1, 0.15) is 0 Å². The third-order valence-electron chi connectivity index (χ3n) is 4.71. The second-order valence-electron chi connectivity index (χ2n) is 6.10. The number of nitrogens with zero attached hydrogens (tertiary/aromatic N) is 1. The first-order valence-corrected chi connectivity index (χ1v) is 10.4. The van der Waals surface area contributed by atoms with Crippen molar-refractivity contribution in [3.8, 4) is 0 Å². The maximum absolute atomic E-state index is 12.5. The summed E-state index contributed by atoms with van der Waals surface area (Å²) < 4.78 is 33.3. The second kappa shape index (κ2) is 9.15. The fraction of sp³-hybridized carbons (Fsp3) is 0.647. The minimum Gasteiger partial charge on any atom is -0.379 e. The van der Waals surface area contributed by atoms with Gasteiger partial charge in [0.25, 0.3) is 0 Å². The van der Waals surface area contributed by atoms with Crippen molar-refractivity contribution in [2.75, 3.05) is 32.8 Å². The summed E-state index contributed by atoms with van der Waals surface area (Å²) in [5, 5.41) is 0.525. The Bertz CT molecular complexity index is 597. The van der Waals surface area contributed by atoms with Crippen molar-refractivity contribution < 1.29 is 13.2 Å². The van der Waals surface area contributed by atoms with Crippen LogP contribution in [0.25, 0.3) is 0 Å². The quantitative estimate of drug-likeness (QED) is 0.760. The van der Waals surface area contributed by atoms with E-state index in [0.717, 1.165) is 25.9 Å². The molecule has 5 nitrogen and oxygen atoms in total. The van der Waals surface area contributed by atoms with Gasteiger partial charge in [0, 0.05) is 30.7 Å². The highest BCUT2D eigenvalue weighted by Crippen LogP contribution is 2.21. The molecule has 0 aromatic heterocycles. The number of rotatable bonds is 8. The van der Waals surface area contributed by atoms with E-state index in [9.17, 15) is 8.42 Å². The van der Waals surface area contributed by atoms with Crippen molar-refractivity contribution in [1.29, 1.82) is 0 Å². The summed E-state index contributed by atoms with van der Waals surface area (Å²) in [6.45, 7) is 7.86. The van der Waals surface area contributed by atoms with Gasteiger partial charge in [-0.2, -0.15) is 0 Å². The second-order valence-corrected chi connectivity index (χ2v) is 8.30. The van der Waals surface area contributed by atoms with E-state index >= 15 is 0 Å². The summed E-state index contributed by atoms with van der Waals surface area (Å²) >= 11 is 5.84. The highest BCUT2D eigenvalue weighted by molar-refractivity contribution is 7.89. The van der Waals surface area contributed by atoms with Crippen LogP contribution in [-0.4, -0.2) is 52.2 Å². The van der Waals surface area contributed by atoms with E-state index in [4.69, 9.17) is 16.3 Å². The number of halogens is 1. The maximum Gasteiger partial charge on any atom is 0.240 e. The van der Waals surface area contributed by atoms with Gasteiger partial charge in [-0.3, -0.25) is 4.90 Å². The number of sulfonamides is 1. The Balaban J connectivity index is 2.09. The van der Waals surface area contributed by atoms with E-state index in [0.29, 0.717) is 30.7 Å². The van der Waals surface area contributed by atoms with E-state index in [1.807, 2.05) is 0 Å². The molecule has 1 aromatic carbocycles. The van der Waals surface area contributed by atoms with Gasteiger partial charge >= 0.3 is 0 Å². The summed E-state index contributed by atoms with van der Waals surface area (Å²) in [6, 6.07) is 6.44. The Morgan fingerprint density at radius 2 is 1.75 bits per heavy atom. The first-order valence-electron chi connectivity index (χ1n) is 8.55. The summed E-state index contributed by atoms with van der Waals surface area (Å²) in [4.78, 5) is 2.60. The predicted octanol–water partition coefficient (Wildman–Crippen LogP) is 2.76. The number of morpholine rings is 1. The molecule has 24 heavy (non-hydrogen) atoms. The van der Waals surface area contributed by atoms with Crippen LogP contribution in [0.3, 0.4) is 0 Å². The lowest BCUT2D eigenvalue weighted by atomic mass is 9.92. The topological polar surface area (TPSA) is 58.6 Å². The zero-order valence-corrected chi connectivity index (χ0v) is 15.9. The van der Waals surface area contributed by atoms with Crippen LogP contribution in [0, 0.1) is 5.92 Å². The number of ether oxygens (including phenoxy) is 1. The first kappa shape index (κ1) is 19.7. The monoisotopic (exact) mass is 374 g/mol. The van der Waals surface area contributed by atoms with E-state index in [1.165, 1.54) is 12.1 Å². The van der Waals surface area contributed by atoms with Gasteiger partial charge in [0.15, 0.2) is 0 Å². The molecular formula is C17H27ClN2O3S.